The lowest BCUT2D eigenvalue weighted by Gasteiger charge is -2.12. The van der Waals surface area contributed by atoms with Crippen molar-refractivity contribution in [3.8, 4) is 5.75 Å². The number of ether oxygens (including phenoxy) is 2. The minimum Gasteiger partial charge on any atom is -0.484 e. The van der Waals surface area contributed by atoms with Crippen molar-refractivity contribution in [3.05, 3.63) is 24.3 Å². The number of rotatable bonds is 9. The fraction of sp³-hybridized carbons (Fsp3) is 0.467. The molecule has 0 saturated carbocycles. The molecule has 2 N–H and O–H groups in total. The quantitative estimate of drug-likeness (QED) is 0.643. The molecular formula is C15H23N3O4. The molecule has 0 saturated heterocycles. The Bertz CT molecular complexity index is 491. The molecule has 122 valence electrons. The van der Waals surface area contributed by atoms with Gasteiger partial charge in [-0.2, -0.15) is 0 Å². The van der Waals surface area contributed by atoms with Crippen molar-refractivity contribution in [2.75, 3.05) is 52.8 Å². The van der Waals surface area contributed by atoms with Gasteiger partial charge in [-0.1, -0.05) is 6.07 Å². The monoisotopic (exact) mass is 309 g/mol. The van der Waals surface area contributed by atoms with Crippen LogP contribution in [-0.2, 0) is 14.3 Å². The van der Waals surface area contributed by atoms with Gasteiger partial charge >= 0.3 is 0 Å². The first-order valence-electron chi connectivity index (χ1n) is 6.95. The molecule has 0 aliphatic carbocycles. The molecule has 1 rings (SSSR count). The largest absolute Gasteiger partial charge is 0.484 e. The summed E-state index contributed by atoms with van der Waals surface area (Å²) in [4.78, 5) is 24.6. The van der Waals surface area contributed by atoms with Crippen molar-refractivity contribution >= 4 is 17.5 Å². The Kier molecular flexibility index (Phi) is 7.95. The Morgan fingerprint density at radius 1 is 1.27 bits per heavy atom. The van der Waals surface area contributed by atoms with E-state index in [4.69, 9.17) is 9.47 Å². The van der Waals surface area contributed by atoms with E-state index in [1.165, 1.54) is 4.90 Å². The lowest BCUT2D eigenvalue weighted by molar-refractivity contribution is -0.130. The molecule has 22 heavy (non-hydrogen) atoms. The third-order valence-corrected chi connectivity index (χ3v) is 2.75. The van der Waals surface area contributed by atoms with E-state index in [0.29, 0.717) is 24.6 Å². The highest BCUT2D eigenvalue weighted by atomic mass is 16.5. The van der Waals surface area contributed by atoms with Gasteiger partial charge in [0.05, 0.1) is 13.2 Å². The molecule has 1 aromatic rings. The van der Waals surface area contributed by atoms with Crippen molar-refractivity contribution in [2.45, 2.75) is 0 Å². The lowest BCUT2D eigenvalue weighted by Crippen LogP contribution is -2.30. The van der Waals surface area contributed by atoms with Gasteiger partial charge < -0.3 is 25.0 Å². The van der Waals surface area contributed by atoms with Crippen LogP contribution in [0.2, 0.25) is 0 Å². The van der Waals surface area contributed by atoms with Crippen LogP contribution in [0.25, 0.3) is 0 Å². The van der Waals surface area contributed by atoms with Crippen LogP contribution >= 0.6 is 0 Å². The molecule has 1 aromatic carbocycles. The van der Waals surface area contributed by atoms with E-state index in [1.807, 2.05) is 0 Å². The van der Waals surface area contributed by atoms with Crippen LogP contribution in [0.1, 0.15) is 0 Å². The Labute approximate surface area is 130 Å². The van der Waals surface area contributed by atoms with Gasteiger partial charge in [0.25, 0.3) is 5.91 Å². The van der Waals surface area contributed by atoms with E-state index in [2.05, 4.69) is 10.6 Å². The highest BCUT2D eigenvalue weighted by Gasteiger charge is 2.06. The van der Waals surface area contributed by atoms with Crippen LogP contribution in [0.4, 0.5) is 5.69 Å². The highest BCUT2D eigenvalue weighted by Crippen LogP contribution is 2.17. The van der Waals surface area contributed by atoms with Gasteiger partial charge in [0.1, 0.15) is 5.75 Å². The predicted molar refractivity (Wildman–Crippen MR) is 84.0 cm³/mol. The molecule has 0 unspecified atom stereocenters. The molecule has 7 nitrogen and oxygen atoms in total. The number of hydrogen-bond donors (Lipinski definition) is 2. The summed E-state index contributed by atoms with van der Waals surface area (Å²) in [6.45, 7) is 1.33. The van der Waals surface area contributed by atoms with Crippen LogP contribution in [0, 0.1) is 0 Å². The average Bonchev–Trinajstić information content (AvgIpc) is 2.49. The van der Waals surface area contributed by atoms with E-state index >= 15 is 0 Å². The summed E-state index contributed by atoms with van der Waals surface area (Å²) in [5.41, 5.74) is 0.619. The Hall–Kier alpha value is -2.12. The number of carbonyl (C=O) groups excluding carboxylic acids is 2. The van der Waals surface area contributed by atoms with Gasteiger partial charge in [-0.05, 0) is 12.1 Å². The smallest absolute Gasteiger partial charge is 0.259 e. The lowest BCUT2D eigenvalue weighted by atomic mass is 10.3. The van der Waals surface area contributed by atoms with Crippen LogP contribution in [0.5, 0.6) is 5.75 Å². The van der Waals surface area contributed by atoms with Crippen LogP contribution in [-0.4, -0.2) is 64.2 Å². The van der Waals surface area contributed by atoms with Crippen LogP contribution < -0.4 is 15.4 Å². The summed E-state index contributed by atoms with van der Waals surface area (Å²) in [7, 11) is 4.94. The van der Waals surface area contributed by atoms with E-state index < -0.39 is 0 Å². The molecule has 0 bridgehead atoms. The second kappa shape index (κ2) is 9.75. The zero-order valence-corrected chi connectivity index (χ0v) is 13.2. The molecule has 0 aliphatic heterocycles. The predicted octanol–water partition coefficient (Wildman–Crippen LogP) is 0.328. The van der Waals surface area contributed by atoms with Crippen molar-refractivity contribution < 1.29 is 19.1 Å². The molecular weight excluding hydrogens is 286 g/mol. The summed E-state index contributed by atoms with van der Waals surface area (Å²) in [5, 5.41) is 5.71. The standard InChI is InChI=1S/C15H23N3O4/c1-18(2)15(20)11-22-13-6-4-5-12(9-13)17-14(19)10-16-7-8-21-3/h4-6,9,16H,7-8,10-11H2,1-3H3,(H,17,19). The number of nitrogens with zero attached hydrogens (tertiary/aromatic N) is 1. The van der Waals surface area contributed by atoms with E-state index in [0.717, 1.165) is 0 Å². The fourth-order valence-corrected chi connectivity index (χ4v) is 1.52. The third kappa shape index (κ3) is 7.05. The summed E-state index contributed by atoms with van der Waals surface area (Å²) < 4.78 is 10.3. The Morgan fingerprint density at radius 2 is 2.05 bits per heavy atom. The summed E-state index contributed by atoms with van der Waals surface area (Å²) in [6, 6.07) is 6.92. The van der Waals surface area contributed by atoms with Crippen molar-refractivity contribution in [1.82, 2.24) is 10.2 Å². The maximum atomic E-state index is 11.7. The van der Waals surface area contributed by atoms with Gasteiger partial charge in [0, 0.05) is 39.5 Å². The number of likely N-dealkylation sites (N-methyl/N-ethyl adjacent to an activating group) is 1. The number of benzene rings is 1. The molecule has 2 amide bonds. The highest BCUT2D eigenvalue weighted by molar-refractivity contribution is 5.92. The number of hydrogen-bond acceptors (Lipinski definition) is 5. The van der Waals surface area contributed by atoms with Crippen LogP contribution in [0.15, 0.2) is 24.3 Å². The minimum absolute atomic E-state index is 0.0387. The molecule has 0 fully saturated rings. The van der Waals surface area contributed by atoms with Gasteiger partial charge in [-0.25, -0.2) is 0 Å². The van der Waals surface area contributed by atoms with E-state index in [-0.39, 0.29) is 25.0 Å². The molecule has 0 radical (unpaired) electrons. The van der Waals surface area contributed by atoms with Crippen molar-refractivity contribution in [1.29, 1.82) is 0 Å². The molecule has 0 aromatic heterocycles. The zero-order chi connectivity index (χ0) is 16.4. The Balaban J connectivity index is 2.43. The summed E-state index contributed by atoms with van der Waals surface area (Å²) in [6.07, 6.45) is 0. The van der Waals surface area contributed by atoms with Gasteiger partial charge in [0.2, 0.25) is 5.91 Å². The fourth-order valence-electron chi connectivity index (χ4n) is 1.52. The first-order chi connectivity index (χ1) is 10.5. The summed E-state index contributed by atoms with van der Waals surface area (Å²) in [5.74, 6) is 0.245. The number of amides is 2. The minimum atomic E-state index is -0.155. The summed E-state index contributed by atoms with van der Waals surface area (Å²) >= 11 is 0. The molecule has 0 heterocycles. The SMILES string of the molecule is COCCNCC(=O)Nc1cccc(OCC(=O)N(C)C)c1. The van der Waals surface area contributed by atoms with Gasteiger partial charge in [-0.3, -0.25) is 9.59 Å². The Morgan fingerprint density at radius 3 is 2.73 bits per heavy atom. The molecule has 7 heteroatoms. The second-order valence-corrected chi connectivity index (χ2v) is 4.82. The number of methoxy groups -OCH3 is 1. The molecule has 0 aliphatic rings. The number of carbonyl (C=O) groups is 2. The molecule has 0 atom stereocenters. The maximum Gasteiger partial charge on any atom is 0.259 e. The topological polar surface area (TPSA) is 79.9 Å². The van der Waals surface area contributed by atoms with E-state index in [1.54, 1.807) is 45.5 Å². The second-order valence-electron chi connectivity index (χ2n) is 4.82. The number of anilines is 1. The van der Waals surface area contributed by atoms with E-state index in [9.17, 15) is 9.59 Å². The van der Waals surface area contributed by atoms with Crippen LogP contribution in [0.3, 0.4) is 0 Å². The number of nitrogens with one attached hydrogen (secondary N) is 2. The van der Waals surface area contributed by atoms with Crippen molar-refractivity contribution in [3.63, 3.8) is 0 Å². The van der Waals surface area contributed by atoms with Crippen molar-refractivity contribution in [2.24, 2.45) is 0 Å². The average molecular weight is 309 g/mol. The molecule has 0 spiro atoms. The third-order valence-electron chi connectivity index (χ3n) is 2.75. The van der Waals surface area contributed by atoms with Gasteiger partial charge in [-0.15, -0.1) is 0 Å². The normalized spacial score (nSPS) is 10.1. The maximum absolute atomic E-state index is 11.7. The first-order valence-corrected chi connectivity index (χ1v) is 6.95. The van der Waals surface area contributed by atoms with Gasteiger partial charge in [0.15, 0.2) is 6.61 Å². The zero-order valence-electron chi connectivity index (χ0n) is 13.2. The first kappa shape index (κ1) is 17.9.